The van der Waals surface area contributed by atoms with Crippen LogP contribution in [0.4, 0.5) is 0 Å². The van der Waals surface area contributed by atoms with Crippen LogP contribution in [0.5, 0.6) is 0 Å². The Morgan fingerprint density at radius 1 is 1.16 bits per heavy atom. The van der Waals surface area contributed by atoms with E-state index in [-0.39, 0.29) is 6.04 Å². The Labute approximate surface area is 129 Å². The van der Waals surface area contributed by atoms with Crippen molar-refractivity contribution in [2.75, 3.05) is 5.75 Å². The van der Waals surface area contributed by atoms with Crippen LogP contribution in [0.1, 0.15) is 38.5 Å². The van der Waals surface area contributed by atoms with Gasteiger partial charge in [0.2, 0.25) is 0 Å². The Morgan fingerprint density at radius 2 is 1.95 bits per heavy atom. The Kier molecular flexibility index (Phi) is 6.48. The largest absolute Gasteiger partial charge is 0.324 e. The van der Waals surface area contributed by atoms with E-state index < -0.39 is 0 Å². The maximum Gasteiger partial charge on any atom is 0.0349 e. The molecule has 0 spiro atoms. The molecule has 0 bridgehead atoms. The average molecular weight is 340 g/mol. The fourth-order valence-corrected chi connectivity index (χ4v) is 3.98. The number of rotatable bonds is 4. The van der Waals surface area contributed by atoms with Crippen molar-refractivity contribution in [1.29, 1.82) is 0 Å². The Hall–Kier alpha value is -0.250. The van der Waals surface area contributed by atoms with Crippen LogP contribution in [0, 0.1) is 0 Å². The van der Waals surface area contributed by atoms with Crippen LogP contribution in [0.2, 0.25) is 0 Å². The first kappa shape index (κ1) is 15.1. The van der Waals surface area contributed by atoms with Gasteiger partial charge in [0.1, 0.15) is 0 Å². The molecule has 0 radical (unpaired) electrons. The lowest BCUT2D eigenvalue weighted by Gasteiger charge is -2.18. The fraction of sp³-hybridized carbons (Fsp3) is 0.500. The first-order valence-corrected chi connectivity index (χ1v) is 8.87. The molecule has 1 nitrogen and oxygen atoms in total. The summed E-state index contributed by atoms with van der Waals surface area (Å²) >= 11 is 5.44. The number of halogens is 1. The van der Waals surface area contributed by atoms with E-state index in [1.165, 1.54) is 53.5 Å². The quantitative estimate of drug-likeness (QED) is 0.606. The summed E-state index contributed by atoms with van der Waals surface area (Å²) in [6, 6.07) is 8.56. The molecule has 0 fully saturated rings. The minimum Gasteiger partial charge on any atom is -0.324 e. The highest BCUT2D eigenvalue weighted by molar-refractivity contribution is 9.10. The topological polar surface area (TPSA) is 26.0 Å². The van der Waals surface area contributed by atoms with Gasteiger partial charge in [-0.2, -0.15) is 0 Å². The van der Waals surface area contributed by atoms with Gasteiger partial charge in [-0.3, -0.25) is 0 Å². The van der Waals surface area contributed by atoms with Crippen molar-refractivity contribution in [3.8, 4) is 0 Å². The second-order valence-corrected chi connectivity index (χ2v) is 7.00. The van der Waals surface area contributed by atoms with Gasteiger partial charge in [0.05, 0.1) is 0 Å². The maximum absolute atomic E-state index is 6.36. The molecule has 0 aromatic heterocycles. The molecule has 0 amide bonds. The minimum absolute atomic E-state index is 0.204. The second-order valence-electron chi connectivity index (χ2n) is 5.08. The SMILES string of the molecule is NC(CSc1ccccc1Br)/C1=C/CCCCCC1. The molecule has 1 atom stereocenters. The second kappa shape index (κ2) is 8.13. The molecule has 1 aliphatic rings. The molecule has 2 N–H and O–H groups in total. The van der Waals surface area contributed by atoms with Gasteiger partial charge in [-0.15, -0.1) is 11.8 Å². The number of hydrogen-bond donors (Lipinski definition) is 1. The molecule has 1 aliphatic carbocycles. The molecule has 0 heterocycles. The summed E-state index contributed by atoms with van der Waals surface area (Å²) in [7, 11) is 0. The summed E-state index contributed by atoms with van der Waals surface area (Å²) in [5, 5.41) is 0. The Balaban J connectivity index is 1.89. The van der Waals surface area contributed by atoms with E-state index in [9.17, 15) is 0 Å². The molecule has 0 saturated carbocycles. The summed E-state index contributed by atoms with van der Waals surface area (Å²) in [6.45, 7) is 0. The Morgan fingerprint density at radius 3 is 2.79 bits per heavy atom. The summed E-state index contributed by atoms with van der Waals surface area (Å²) in [6.07, 6.45) is 10.2. The van der Waals surface area contributed by atoms with Crippen LogP contribution in [-0.4, -0.2) is 11.8 Å². The summed E-state index contributed by atoms with van der Waals surface area (Å²) in [4.78, 5) is 1.28. The van der Waals surface area contributed by atoms with Gasteiger partial charge in [-0.1, -0.05) is 36.6 Å². The molecule has 1 aromatic carbocycles. The van der Waals surface area contributed by atoms with Crippen molar-refractivity contribution >= 4 is 27.7 Å². The Bertz CT molecular complexity index is 431. The third-order valence-corrected chi connectivity index (χ3v) is 5.70. The predicted octanol–water partition coefficient (Wildman–Crippen LogP) is 5.15. The van der Waals surface area contributed by atoms with Gasteiger partial charge < -0.3 is 5.73 Å². The molecule has 19 heavy (non-hydrogen) atoms. The van der Waals surface area contributed by atoms with E-state index in [1.807, 2.05) is 17.8 Å². The zero-order valence-corrected chi connectivity index (χ0v) is 13.7. The highest BCUT2D eigenvalue weighted by atomic mass is 79.9. The molecule has 0 saturated heterocycles. The molecule has 1 unspecified atom stereocenters. The zero-order valence-electron chi connectivity index (χ0n) is 11.3. The van der Waals surface area contributed by atoms with E-state index >= 15 is 0 Å². The molecule has 104 valence electrons. The van der Waals surface area contributed by atoms with E-state index in [0.717, 1.165) is 5.75 Å². The number of benzene rings is 1. The normalized spacial score (nSPS) is 21.1. The maximum atomic E-state index is 6.36. The van der Waals surface area contributed by atoms with Crippen LogP contribution in [0.3, 0.4) is 0 Å². The molecular weight excluding hydrogens is 318 g/mol. The van der Waals surface area contributed by atoms with Crippen molar-refractivity contribution in [2.45, 2.75) is 49.5 Å². The predicted molar refractivity (Wildman–Crippen MR) is 88.6 cm³/mol. The molecule has 3 heteroatoms. The molecule has 1 aromatic rings. The van der Waals surface area contributed by atoms with Gasteiger partial charge in [0, 0.05) is 21.2 Å². The molecule has 2 rings (SSSR count). The van der Waals surface area contributed by atoms with Crippen LogP contribution in [0.25, 0.3) is 0 Å². The lowest BCUT2D eigenvalue weighted by Crippen LogP contribution is -2.26. The first-order valence-electron chi connectivity index (χ1n) is 7.09. The van der Waals surface area contributed by atoms with Gasteiger partial charge in [-0.05, 0) is 53.7 Å². The average Bonchev–Trinajstić information content (AvgIpc) is 2.37. The summed E-state index contributed by atoms with van der Waals surface area (Å²) in [5.41, 5.74) is 7.83. The lowest BCUT2D eigenvalue weighted by molar-refractivity contribution is 0.606. The van der Waals surface area contributed by atoms with Crippen LogP contribution in [-0.2, 0) is 0 Å². The van der Waals surface area contributed by atoms with Crippen molar-refractivity contribution < 1.29 is 0 Å². The summed E-state index contributed by atoms with van der Waals surface area (Å²) in [5.74, 6) is 0.967. The van der Waals surface area contributed by atoms with Crippen LogP contribution in [0.15, 0.2) is 45.3 Å². The standard InChI is InChI=1S/C16H22BrNS/c17-14-10-6-7-11-16(14)19-12-15(18)13-8-4-2-1-3-5-9-13/h6-8,10-11,15H,1-5,9,12,18H2/b13-8+. The number of hydrogen-bond acceptors (Lipinski definition) is 2. The van der Waals surface area contributed by atoms with Crippen molar-refractivity contribution in [2.24, 2.45) is 5.73 Å². The lowest BCUT2D eigenvalue weighted by atomic mass is 9.96. The van der Waals surface area contributed by atoms with E-state index in [2.05, 4.69) is 40.2 Å². The monoisotopic (exact) mass is 339 g/mol. The van der Waals surface area contributed by atoms with Crippen LogP contribution >= 0.6 is 27.7 Å². The smallest absolute Gasteiger partial charge is 0.0349 e. The van der Waals surface area contributed by atoms with Crippen molar-refractivity contribution in [3.63, 3.8) is 0 Å². The number of thioether (sulfide) groups is 1. The van der Waals surface area contributed by atoms with E-state index in [0.29, 0.717) is 0 Å². The summed E-state index contributed by atoms with van der Waals surface area (Å²) < 4.78 is 1.17. The number of allylic oxidation sites excluding steroid dienone is 1. The fourth-order valence-electron chi connectivity index (χ4n) is 2.40. The van der Waals surface area contributed by atoms with Gasteiger partial charge in [0.25, 0.3) is 0 Å². The highest BCUT2D eigenvalue weighted by Crippen LogP contribution is 2.29. The van der Waals surface area contributed by atoms with Gasteiger partial charge >= 0.3 is 0 Å². The van der Waals surface area contributed by atoms with Gasteiger partial charge in [-0.25, -0.2) is 0 Å². The first-order chi connectivity index (χ1) is 9.27. The number of nitrogens with two attached hydrogens (primary N) is 1. The highest BCUT2D eigenvalue weighted by Gasteiger charge is 2.12. The van der Waals surface area contributed by atoms with Crippen molar-refractivity contribution in [3.05, 3.63) is 40.4 Å². The van der Waals surface area contributed by atoms with Gasteiger partial charge in [0.15, 0.2) is 0 Å². The zero-order chi connectivity index (χ0) is 13.5. The van der Waals surface area contributed by atoms with E-state index in [4.69, 9.17) is 5.73 Å². The third-order valence-electron chi connectivity index (χ3n) is 3.56. The third kappa shape index (κ3) is 4.97. The minimum atomic E-state index is 0.204. The molecule has 0 aliphatic heterocycles. The molecular formula is C16H22BrNS. The van der Waals surface area contributed by atoms with Crippen LogP contribution < -0.4 is 5.73 Å². The van der Waals surface area contributed by atoms with E-state index in [1.54, 1.807) is 0 Å². The van der Waals surface area contributed by atoms with Crippen molar-refractivity contribution in [1.82, 2.24) is 0 Å².